The van der Waals surface area contributed by atoms with Gasteiger partial charge < -0.3 is 5.73 Å². The fourth-order valence-electron chi connectivity index (χ4n) is 1.91. The molecule has 0 amide bonds. The first kappa shape index (κ1) is 11.7. The summed E-state index contributed by atoms with van der Waals surface area (Å²) in [5.74, 6) is 0. The third kappa shape index (κ3) is 2.18. The Bertz CT molecular complexity index is 538. The highest BCUT2D eigenvalue weighted by Crippen LogP contribution is 2.29. The molecule has 0 saturated carbocycles. The van der Waals surface area contributed by atoms with Crippen LogP contribution in [0.1, 0.15) is 31.1 Å². The number of aryl methyl sites for hydroxylation is 2. The van der Waals surface area contributed by atoms with E-state index >= 15 is 0 Å². The van der Waals surface area contributed by atoms with Crippen molar-refractivity contribution in [2.24, 2.45) is 0 Å². The largest absolute Gasteiger partial charge is 0.398 e. The van der Waals surface area contributed by atoms with Crippen molar-refractivity contribution in [3.8, 4) is 11.1 Å². The summed E-state index contributed by atoms with van der Waals surface area (Å²) in [6.07, 6.45) is 2.07. The molecule has 2 N–H and O–H groups in total. The van der Waals surface area contributed by atoms with Gasteiger partial charge in [-0.05, 0) is 39.8 Å². The zero-order chi connectivity index (χ0) is 12.6. The molecule has 2 aromatic rings. The lowest BCUT2D eigenvalue weighted by atomic mass is 10.0. The second kappa shape index (κ2) is 4.24. The molecule has 0 aliphatic carbocycles. The van der Waals surface area contributed by atoms with Crippen molar-refractivity contribution in [3.05, 3.63) is 35.7 Å². The molecule has 1 heterocycles. The van der Waals surface area contributed by atoms with Crippen molar-refractivity contribution in [2.75, 3.05) is 5.73 Å². The van der Waals surface area contributed by atoms with E-state index in [1.807, 2.05) is 23.7 Å². The normalized spacial score (nSPS) is 11.1. The third-order valence-corrected chi connectivity index (χ3v) is 2.94. The molecule has 0 spiro atoms. The summed E-state index contributed by atoms with van der Waals surface area (Å²) in [6, 6.07) is 6.47. The zero-order valence-electron chi connectivity index (χ0n) is 10.9. The van der Waals surface area contributed by atoms with Crippen LogP contribution in [0.5, 0.6) is 0 Å². The van der Waals surface area contributed by atoms with Crippen molar-refractivity contribution in [3.63, 3.8) is 0 Å². The molecule has 1 aromatic carbocycles. The first-order valence-corrected chi connectivity index (χ1v) is 5.91. The number of nitrogens with two attached hydrogens (primary N) is 1. The molecule has 0 fully saturated rings. The lowest BCUT2D eigenvalue weighted by Crippen LogP contribution is -2.00. The van der Waals surface area contributed by atoms with Gasteiger partial charge in [0.1, 0.15) is 0 Å². The number of aromatic nitrogens is 2. The number of benzene rings is 1. The number of hydrogen-bond acceptors (Lipinski definition) is 2. The van der Waals surface area contributed by atoms with Crippen molar-refractivity contribution < 1.29 is 0 Å². The Labute approximate surface area is 102 Å². The van der Waals surface area contributed by atoms with Gasteiger partial charge in [0.2, 0.25) is 0 Å². The zero-order valence-corrected chi connectivity index (χ0v) is 10.9. The van der Waals surface area contributed by atoms with Crippen LogP contribution in [-0.4, -0.2) is 9.78 Å². The van der Waals surface area contributed by atoms with Crippen LogP contribution in [0.2, 0.25) is 0 Å². The van der Waals surface area contributed by atoms with E-state index in [1.165, 1.54) is 5.56 Å². The summed E-state index contributed by atoms with van der Waals surface area (Å²) >= 11 is 0. The smallest absolute Gasteiger partial charge is 0.0672 e. The van der Waals surface area contributed by atoms with Crippen LogP contribution in [0.4, 0.5) is 5.69 Å². The van der Waals surface area contributed by atoms with E-state index in [-0.39, 0.29) is 0 Å². The van der Waals surface area contributed by atoms with Gasteiger partial charge in [0.15, 0.2) is 0 Å². The van der Waals surface area contributed by atoms with E-state index in [4.69, 9.17) is 5.73 Å². The van der Waals surface area contributed by atoms with Crippen LogP contribution >= 0.6 is 0 Å². The number of rotatable bonds is 2. The van der Waals surface area contributed by atoms with Gasteiger partial charge in [0.05, 0.1) is 5.69 Å². The Morgan fingerprint density at radius 3 is 2.47 bits per heavy atom. The van der Waals surface area contributed by atoms with Crippen LogP contribution in [0.15, 0.2) is 24.4 Å². The molecule has 1 aromatic heterocycles. The van der Waals surface area contributed by atoms with Gasteiger partial charge in [-0.2, -0.15) is 5.10 Å². The molecule has 3 nitrogen and oxygen atoms in total. The van der Waals surface area contributed by atoms with Crippen molar-refractivity contribution in [1.82, 2.24) is 9.78 Å². The predicted molar refractivity (Wildman–Crippen MR) is 71.9 cm³/mol. The third-order valence-electron chi connectivity index (χ3n) is 2.94. The van der Waals surface area contributed by atoms with Gasteiger partial charge in [-0.1, -0.05) is 11.6 Å². The van der Waals surface area contributed by atoms with E-state index < -0.39 is 0 Å². The number of nitrogens with zero attached hydrogens (tertiary/aromatic N) is 2. The maximum atomic E-state index is 6.04. The molecule has 2 rings (SSSR count). The Kier molecular flexibility index (Phi) is 2.92. The van der Waals surface area contributed by atoms with Crippen LogP contribution in [0.25, 0.3) is 11.1 Å². The second-order valence-electron chi connectivity index (χ2n) is 4.79. The van der Waals surface area contributed by atoms with Gasteiger partial charge in [-0.3, -0.25) is 4.68 Å². The van der Waals surface area contributed by atoms with Crippen LogP contribution < -0.4 is 5.73 Å². The summed E-state index contributed by atoms with van der Waals surface area (Å²) in [5.41, 5.74) is 11.3. The number of anilines is 1. The molecule has 0 radical (unpaired) electrons. The quantitative estimate of drug-likeness (QED) is 0.803. The number of hydrogen-bond donors (Lipinski definition) is 1. The highest BCUT2D eigenvalue weighted by molar-refractivity contribution is 5.77. The molecule has 0 bridgehead atoms. The van der Waals surface area contributed by atoms with E-state index in [0.29, 0.717) is 6.04 Å². The highest BCUT2D eigenvalue weighted by atomic mass is 15.3. The molecule has 17 heavy (non-hydrogen) atoms. The lowest BCUT2D eigenvalue weighted by molar-refractivity contribution is 0.529. The topological polar surface area (TPSA) is 43.8 Å². The molecule has 90 valence electrons. The first-order chi connectivity index (χ1) is 7.99. The van der Waals surface area contributed by atoms with E-state index in [2.05, 4.69) is 38.1 Å². The lowest BCUT2D eigenvalue weighted by Gasteiger charge is -2.06. The maximum absolute atomic E-state index is 6.04. The summed E-state index contributed by atoms with van der Waals surface area (Å²) in [5, 5.41) is 4.52. The molecular formula is C14H19N3. The van der Waals surface area contributed by atoms with Gasteiger partial charge in [0.25, 0.3) is 0 Å². The average molecular weight is 229 g/mol. The van der Waals surface area contributed by atoms with E-state index in [1.54, 1.807) is 0 Å². The molecule has 0 aliphatic heterocycles. The van der Waals surface area contributed by atoms with Gasteiger partial charge >= 0.3 is 0 Å². The van der Waals surface area contributed by atoms with Gasteiger partial charge in [-0.15, -0.1) is 0 Å². The monoisotopic (exact) mass is 229 g/mol. The molecule has 0 saturated heterocycles. The van der Waals surface area contributed by atoms with Crippen LogP contribution in [0.3, 0.4) is 0 Å². The Hall–Kier alpha value is -1.77. The summed E-state index contributed by atoms with van der Waals surface area (Å²) in [4.78, 5) is 0. The summed E-state index contributed by atoms with van der Waals surface area (Å²) in [6.45, 7) is 8.34. The Morgan fingerprint density at radius 1 is 1.18 bits per heavy atom. The SMILES string of the molecule is Cc1ccc(N)c(-c2cn(C(C)C)nc2C)c1. The predicted octanol–water partition coefficient (Wildman–Crippen LogP) is 3.33. The van der Waals surface area contributed by atoms with E-state index in [0.717, 1.165) is 22.5 Å². The molecule has 0 unspecified atom stereocenters. The Morgan fingerprint density at radius 2 is 1.88 bits per heavy atom. The minimum absolute atomic E-state index is 0.369. The van der Waals surface area contributed by atoms with Crippen LogP contribution in [-0.2, 0) is 0 Å². The number of nitrogen functional groups attached to an aromatic ring is 1. The standard InChI is InChI=1S/C14H19N3/c1-9(2)17-8-13(11(4)16-17)12-7-10(3)5-6-14(12)15/h5-9H,15H2,1-4H3. The van der Waals surface area contributed by atoms with Gasteiger partial charge in [0, 0.05) is 29.1 Å². The molecular weight excluding hydrogens is 210 g/mol. The molecule has 0 atom stereocenters. The molecule has 3 heteroatoms. The van der Waals surface area contributed by atoms with Gasteiger partial charge in [-0.25, -0.2) is 0 Å². The van der Waals surface area contributed by atoms with E-state index in [9.17, 15) is 0 Å². The minimum atomic E-state index is 0.369. The highest BCUT2D eigenvalue weighted by Gasteiger charge is 2.11. The summed E-state index contributed by atoms with van der Waals surface area (Å²) in [7, 11) is 0. The second-order valence-corrected chi connectivity index (χ2v) is 4.79. The summed E-state index contributed by atoms with van der Waals surface area (Å²) < 4.78 is 1.98. The fraction of sp³-hybridized carbons (Fsp3) is 0.357. The fourth-order valence-corrected chi connectivity index (χ4v) is 1.91. The average Bonchev–Trinajstić information content (AvgIpc) is 2.64. The van der Waals surface area contributed by atoms with Crippen LogP contribution in [0, 0.1) is 13.8 Å². The van der Waals surface area contributed by atoms with Crippen molar-refractivity contribution in [1.29, 1.82) is 0 Å². The maximum Gasteiger partial charge on any atom is 0.0672 e. The first-order valence-electron chi connectivity index (χ1n) is 5.91. The van der Waals surface area contributed by atoms with Crippen molar-refractivity contribution >= 4 is 5.69 Å². The Balaban J connectivity index is 2.56. The van der Waals surface area contributed by atoms with Crippen molar-refractivity contribution in [2.45, 2.75) is 33.7 Å². The minimum Gasteiger partial charge on any atom is -0.398 e. The molecule has 0 aliphatic rings.